The van der Waals surface area contributed by atoms with Crippen molar-refractivity contribution in [1.29, 1.82) is 0 Å². The number of aryl methyl sites for hydroxylation is 1. The number of amides is 2. The van der Waals surface area contributed by atoms with Crippen LogP contribution in [0.1, 0.15) is 38.9 Å². The molecule has 2 heterocycles. The number of carbonyl (C=O) groups is 2. The molecule has 1 aromatic heterocycles. The first-order valence-corrected chi connectivity index (χ1v) is 7.56. The van der Waals surface area contributed by atoms with Crippen molar-refractivity contribution < 1.29 is 14.3 Å². The van der Waals surface area contributed by atoms with E-state index in [1.807, 2.05) is 10.8 Å². The predicted molar refractivity (Wildman–Crippen MR) is 81.1 cm³/mol. The normalized spacial score (nSPS) is 22.1. The lowest BCUT2D eigenvalue weighted by atomic mass is 10.0. The van der Waals surface area contributed by atoms with Crippen LogP contribution in [0, 0.1) is 0 Å². The van der Waals surface area contributed by atoms with Gasteiger partial charge in [-0.2, -0.15) is 0 Å². The van der Waals surface area contributed by atoms with Crippen molar-refractivity contribution in [2.75, 3.05) is 19.7 Å². The lowest BCUT2D eigenvalue weighted by Crippen LogP contribution is -2.58. The van der Waals surface area contributed by atoms with Gasteiger partial charge in [0, 0.05) is 37.8 Å². The van der Waals surface area contributed by atoms with Gasteiger partial charge in [0.15, 0.2) is 5.60 Å². The SMILES string of the molecule is CC(C)c1nccn1CCC(=O)N1CCOC(C)(C(N)=O)C1. The number of aromatic nitrogens is 2. The number of hydrogen-bond donors (Lipinski definition) is 1. The first-order valence-electron chi connectivity index (χ1n) is 7.56. The second-order valence-electron chi connectivity index (χ2n) is 6.14. The predicted octanol–water partition coefficient (Wildman–Crippen LogP) is 0.499. The largest absolute Gasteiger partial charge is 0.367 e. The van der Waals surface area contributed by atoms with Gasteiger partial charge in [0.05, 0.1) is 13.2 Å². The maximum Gasteiger partial charge on any atom is 0.251 e. The number of rotatable bonds is 5. The van der Waals surface area contributed by atoms with Gasteiger partial charge in [-0.15, -0.1) is 0 Å². The van der Waals surface area contributed by atoms with Gasteiger partial charge in [0.2, 0.25) is 5.91 Å². The topological polar surface area (TPSA) is 90.4 Å². The lowest BCUT2D eigenvalue weighted by molar-refractivity contribution is -0.160. The molecule has 1 atom stereocenters. The summed E-state index contributed by atoms with van der Waals surface area (Å²) in [5.74, 6) is 0.740. The molecular weight excluding hydrogens is 284 g/mol. The minimum atomic E-state index is -1.09. The van der Waals surface area contributed by atoms with Crippen molar-refractivity contribution in [1.82, 2.24) is 14.5 Å². The van der Waals surface area contributed by atoms with Crippen molar-refractivity contribution >= 4 is 11.8 Å². The minimum absolute atomic E-state index is 0.000758. The number of hydrogen-bond acceptors (Lipinski definition) is 4. The minimum Gasteiger partial charge on any atom is -0.367 e. The van der Waals surface area contributed by atoms with Crippen LogP contribution in [0.5, 0.6) is 0 Å². The van der Waals surface area contributed by atoms with Crippen LogP contribution in [-0.4, -0.2) is 51.6 Å². The smallest absolute Gasteiger partial charge is 0.251 e. The van der Waals surface area contributed by atoms with Gasteiger partial charge >= 0.3 is 0 Å². The molecule has 0 spiro atoms. The molecule has 0 bridgehead atoms. The Labute approximate surface area is 130 Å². The summed E-state index contributed by atoms with van der Waals surface area (Å²) in [6.45, 7) is 7.37. The van der Waals surface area contributed by atoms with Gasteiger partial charge in [-0.3, -0.25) is 9.59 Å². The van der Waals surface area contributed by atoms with E-state index in [1.165, 1.54) is 0 Å². The third-order valence-electron chi connectivity index (χ3n) is 3.98. The molecular formula is C15H24N4O3. The Morgan fingerprint density at radius 1 is 1.50 bits per heavy atom. The van der Waals surface area contributed by atoms with Gasteiger partial charge in [-0.1, -0.05) is 13.8 Å². The van der Waals surface area contributed by atoms with E-state index in [1.54, 1.807) is 18.0 Å². The van der Waals surface area contributed by atoms with Gasteiger partial charge < -0.3 is 19.9 Å². The van der Waals surface area contributed by atoms with E-state index in [-0.39, 0.29) is 12.5 Å². The van der Waals surface area contributed by atoms with E-state index >= 15 is 0 Å². The Morgan fingerprint density at radius 3 is 2.86 bits per heavy atom. The van der Waals surface area contributed by atoms with E-state index in [2.05, 4.69) is 18.8 Å². The molecule has 2 amide bonds. The highest BCUT2D eigenvalue weighted by Crippen LogP contribution is 2.18. The Hall–Kier alpha value is -1.89. The summed E-state index contributed by atoms with van der Waals surface area (Å²) in [5, 5.41) is 0. The standard InChI is InChI=1S/C15H24N4O3/c1-11(2)13-17-5-7-18(13)6-4-12(20)19-8-9-22-15(3,10-19)14(16)21/h5,7,11H,4,6,8-10H2,1-3H3,(H2,16,21). The van der Waals surface area contributed by atoms with Gasteiger partial charge in [-0.05, 0) is 6.92 Å². The average Bonchev–Trinajstić information content (AvgIpc) is 2.93. The van der Waals surface area contributed by atoms with Crippen LogP contribution in [-0.2, 0) is 20.9 Å². The second kappa shape index (κ2) is 6.48. The number of nitrogens with two attached hydrogens (primary N) is 1. The highest BCUT2D eigenvalue weighted by atomic mass is 16.5. The number of carbonyl (C=O) groups excluding carboxylic acids is 2. The Balaban J connectivity index is 1.95. The van der Waals surface area contributed by atoms with Crippen LogP contribution in [0.3, 0.4) is 0 Å². The van der Waals surface area contributed by atoms with Crippen LogP contribution in [0.15, 0.2) is 12.4 Å². The number of morpholine rings is 1. The van der Waals surface area contributed by atoms with Crippen molar-refractivity contribution in [3.8, 4) is 0 Å². The summed E-state index contributed by atoms with van der Waals surface area (Å²) < 4.78 is 7.42. The third-order valence-corrected chi connectivity index (χ3v) is 3.98. The summed E-state index contributed by atoms with van der Waals surface area (Å²) in [6.07, 6.45) is 4.00. The lowest BCUT2D eigenvalue weighted by Gasteiger charge is -2.38. The van der Waals surface area contributed by atoms with Crippen LogP contribution >= 0.6 is 0 Å². The molecule has 1 aromatic rings. The molecule has 1 aliphatic rings. The van der Waals surface area contributed by atoms with E-state index in [9.17, 15) is 9.59 Å². The molecule has 1 fully saturated rings. The fourth-order valence-electron chi connectivity index (χ4n) is 2.62. The second-order valence-corrected chi connectivity index (χ2v) is 6.14. The van der Waals surface area contributed by atoms with Crippen LogP contribution < -0.4 is 5.73 Å². The monoisotopic (exact) mass is 308 g/mol. The molecule has 1 unspecified atom stereocenters. The maximum atomic E-state index is 12.4. The molecule has 2 rings (SSSR count). The number of primary amides is 1. The zero-order chi connectivity index (χ0) is 16.3. The fraction of sp³-hybridized carbons (Fsp3) is 0.667. The maximum absolute atomic E-state index is 12.4. The molecule has 0 aromatic carbocycles. The summed E-state index contributed by atoms with van der Waals surface area (Å²) in [4.78, 5) is 29.8. The quantitative estimate of drug-likeness (QED) is 0.857. The van der Waals surface area contributed by atoms with Crippen LogP contribution in [0.25, 0.3) is 0 Å². The first kappa shape index (κ1) is 16.5. The van der Waals surface area contributed by atoms with Crippen molar-refractivity contribution in [2.45, 2.75) is 45.3 Å². The van der Waals surface area contributed by atoms with Crippen molar-refractivity contribution in [3.05, 3.63) is 18.2 Å². The summed E-state index contributed by atoms with van der Waals surface area (Å²) >= 11 is 0. The molecule has 1 aliphatic heterocycles. The molecule has 0 radical (unpaired) electrons. The van der Waals surface area contributed by atoms with Gasteiger partial charge in [0.1, 0.15) is 5.82 Å². The molecule has 122 valence electrons. The third kappa shape index (κ3) is 3.47. The van der Waals surface area contributed by atoms with E-state index in [4.69, 9.17) is 10.5 Å². The molecule has 0 saturated carbocycles. The van der Waals surface area contributed by atoms with Crippen molar-refractivity contribution in [2.24, 2.45) is 5.73 Å². The van der Waals surface area contributed by atoms with Gasteiger partial charge in [-0.25, -0.2) is 4.98 Å². The molecule has 7 heteroatoms. The Morgan fingerprint density at radius 2 is 2.23 bits per heavy atom. The van der Waals surface area contributed by atoms with E-state index < -0.39 is 11.5 Å². The summed E-state index contributed by atoms with van der Waals surface area (Å²) in [6, 6.07) is 0. The fourth-order valence-corrected chi connectivity index (χ4v) is 2.62. The van der Waals surface area contributed by atoms with Crippen molar-refractivity contribution in [3.63, 3.8) is 0 Å². The zero-order valence-corrected chi connectivity index (χ0v) is 13.4. The Bertz CT molecular complexity index is 555. The number of ether oxygens (including phenoxy) is 1. The molecule has 0 aliphatic carbocycles. The van der Waals surface area contributed by atoms with Crippen LogP contribution in [0.4, 0.5) is 0 Å². The molecule has 22 heavy (non-hydrogen) atoms. The summed E-state index contributed by atoms with van der Waals surface area (Å²) in [5.41, 5.74) is 4.26. The first-order chi connectivity index (χ1) is 10.3. The molecule has 7 nitrogen and oxygen atoms in total. The number of imidazole rings is 1. The van der Waals surface area contributed by atoms with E-state index in [0.29, 0.717) is 32.0 Å². The highest BCUT2D eigenvalue weighted by Gasteiger charge is 2.39. The average molecular weight is 308 g/mol. The Kier molecular flexibility index (Phi) is 4.85. The van der Waals surface area contributed by atoms with E-state index in [0.717, 1.165) is 5.82 Å². The molecule has 1 saturated heterocycles. The number of nitrogens with zero attached hydrogens (tertiary/aromatic N) is 3. The van der Waals surface area contributed by atoms with Gasteiger partial charge in [0.25, 0.3) is 5.91 Å². The highest BCUT2D eigenvalue weighted by molar-refractivity contribution is 5.85. The zero-order valence-electron chi connectivity index (χ0n) is 13.4. The van der Waals surface area contributed by atoms with Crippen LogP contribution in [0.2, 0.25) is 0 Å². The molecule has 2 N–H and O–H groups in total. The summed E-state index contributed by atoms with van der Waals surface area (Å²) in [7, 11) is 0.